The van der Waals surface area contributed by atoms with Gasteiger partial charge in [0.25, 0.3) is 0 Å². The quantitative estimate of drug-likeness (QED) is 0.0485. The molecule has 0 aliphatic rings. The van der Waals surface area contributed by atoms with Gasteiger partial charge in [-0.1, -0.05) is 60.7 Å². The second kappa shape index (κ2) is 26.4. The maximum Gasteiger partial charge on any atom is 0.342 e. The molecule has 0 spiro atoms. The summed E-state index contributed by atoms with van der Waals surface area (Å²) >= 11 is 0. The van der Waals surface area contributed by atoms with E-state index < -0.39 is 17.9 Å². The summed E-state index contributed by atoms with van der Waals surface area (Å²) in [7, 11) is 2.99. The number of hydrogen-bond acceptors (Lipinski definition) is 14. The van der Waals surface area contributed by atoms with Gasteiger partial charge in [-0.05, 0) is 87.6 Å². The first-order chi connectivity index (χ1) is 29.9. The van der Waals surface area contributed by atoms with Crippen LogP contribution in [0, 0.1) is 20.8 Å². The van der Waals surface area contributed by atoms with E-state index in [2.05, 4.69) is 0 Å². The van der Waals surface area contributed by atoms with Gasteiger partial charge in [0.2, 0.25) is 0 Å². The lowest BCUT2D eigenvalue weighted by Gasteiger charge is -2.15. The Labute approximate surface area is 362 Å². The molecule has 0 aliphatic heterocycles. The molecule has 5 aromatic rings. The topological polar surface area (TPSA) is 175 Å². The van der Waals surface area contributed by atoms with Gasteiger partial charge in [0, 0.05) is 32.4 Å². The van der Waals surface area contributed by atoms with Crippen LogP contribution >= 0.6 is 0 Å². The number of aryl methyl sites for hydroxylation is 3. The number of carbonyl (C=O) groups is 3. The number of hydrogen-bond donors (Lipinski definition) is 2. The Balaban J connectivity index is 0.000000252. The minimum atomic E-state index is -0.526. The Bertz CT molecular complexity index is 2150. The van der Waals surface area contributed by atoms with E-state index in [1.165, 1.54) is 32.4 Å². The van der Waals surface area contributed by atoms with Crippen LogP contribution in [-0.4, -0.2) is 75.7 Å². The molecule has 0 radical (unpaired) electrons. The summed E-state index contributed by atoms with van der Waals surface area (Å²) in [5.41, 5.74) is 4.91. The highest BCUT2D eigenvalue weighted by Crippen LogP contribution is 2.32. The lowest BCUT2D eigenvalue weighted by atomic mass is 10.1. The summed E-state index contributed by atoms with van der Waals surface area (Å²) in [6, 6.07) is 29.0. The standard InChI is InChI=1S/C19H22O5.C17H18O4.C12H16O5/c1-4-22-19(20)18-14(2)10-16(11-17(18)24-13-21-3)23-12-15-8-6-5-7-9-15;1-3-20-17(19)16-12(2)9-14(10-15(16)18)21-11-13-7-5-4-6-8-13;1-4-16-12(14)11-8(2)5-9(13)6-10(11)17-7-15-3/h5-11H,4,12-13H2,1-3H3;4-10,18H,3,11H2,1-2H3;5-6,13H,4,7H2,1-3H3. The van der Waals surface area contributed by atoms with Crippen molar-refractivity contribution in [2.75, 3.05) is 47.6 Å². The van der Waals surface area contributed by atoms with Gasteiger partial charge in [0.05, 0.1) is 19.8 Å². The third kappa shape index (κ3) is 15.7. The molecule has 0 unspecified atom stereocenters. The Kier molecular flexibility index (Phi) is 21.2. The van der Waals surface area contributed by atoms with E-state index >= 15 is 0 Å². The smallest absolute Gasteiger partial charge is 0.342 e. The maximum atomic E-state index is 12.2. The number of ether oxygens (including phenoxy) is 9. The molecule has 0 saturated heterocycles. The van der Waals surface area contributed by atoms with Crippen LogP contribution in [0.4, 0.5) is 0 Å². The average Bonchev–Trinajstić information content (AvgIpc) is 3.24. The molecule has 0 saturated carbocycles. The maximum absolute atomic E-state index is 12.2. The fourth-order valence-electron chi connectivity index (χ4n) is 5.72. The minimum Gasteiger partial charge on any atom is -0.508 e. The Hall–Kier alpha value is -6.77. The highest BCUT2D eigenvalue weighted by molar-refractivity contribution is 5.95. The lowest BCUT2D eigenvalue weighted by molar-refractivity contribution is 0.0426. The second-order valence-corrected chi connectivity index (χ2v) is 13.2. The van der Waals surface area contributed by atoms with E-state index in [9.17, 15) is 24.6 Å². The fraction of sp³-hybridized carbons (Fsp3) is 0.312. The molecule has 0 heterocycles. The predicted octanol–water partition coefficient (Wildman–Crippen LogP) is 9.05. The van der Waals surface area contributed by atoms with Crippen molar-refractivity contribution < 1.29 is 67.2 Å². The van der Waals surface area contributed by atoms with Crippen molar-refractivity contribution >= 4 is 17.9 Å². The average molecular weight is 857 g/mol. The van der Waals surface area contributed by atoms with Gasteiger partial charge in [-0.3, -0.25) is 0 Å². The lowest BCUT2D eigenvalue weighted by Crippen LogP contribution is -2.11. The molecule has 0 aromatic heterocycles. The van der Waals surface area contributed by atoms with Gasteiger partial charge in [-0.15, -0.1) is 0 Å². The van der Waals surface area contributed by atoms with E-state index in [1.54, 1.807) is 52.8 Å². The molecule has 0 atom stereocenters. The van der Waals surface area contributed by atoms with Gasteiger partial charge in [-0.2, -0.15) is 0 Å². The summed E-state index contributed by atoms with van der Waals surface area (Å²) in [4.78, 5) is 35.6. The molecule has 14 nitrogen and oxygen atoms in total. The first kappa shape index (κ1) is 49.6. The summed E-state index contributed by atoms with van der Waals surface area (Å²) in [6.07, 6.45) is 0. The number of benzene rings is 5. The summed E-state index contributed by atoms with van der Waals surface area (Å²) in [6.45, 7) is 12.2. The molecule has 62 heavy (non-hydrogen) atoms. The van der Waals surface area contributed by atoms with E-state index in [4.69, 9.17) is 42.6 Å². The molecule has 14 heteroatoms. The normalized spacial score (nSPS) is 10.2. The van der Waals surface area contributed by atoms with Crippen LogP contribution in [-0.2, 0) is 36.9 Å². The van der Waals surface area contributed by atoms with Crippen molar-refractivity contribution in [1.29, 1.82) is 0 Å². The third-order valence-corrected chi connectivity index (χ3v) is 8.45. The number of phenols is 2. The number of carbonyl (C=O) groups excluding carboxylic acids is 3. The van der Waals surface area contributed by atoms with Crippen LogP contribution in [0.25, 0.3) is 0 Å². The van der Waals surface area contributed by atoms with Gasteiger partial charge < -0.3 is 52.8 Å². The number of esters is 3. The number of rotatable bonds is 18. The molecule has 0 fully saturated rings. The predicted molar refractivity (Wildman–Crippen MR) is 231 cm³/mol. The zero-order valence-corrected chi connectivity index (χ0v) is 36.5. The third-order valence-electron chi connectivity index (χ3n) is 8.45. The van der Waals surface area contributed by atoms with Crippen molar-refractivity contribution in [2.45, 2.75) is 54.8 Å². The zero-order valence-electron chi connectivity index (χ0n) is 36.5. The van der Waals surface area contributed by atoms with E-state index in [1.807, 2.05) is 67.6 Å². The molecule has 0 bridgehead atoms. The zero-order chi connectivity index (χ0) is 45.4. The van der Waals surface area contributed by atoms with Gasteiger partial charge in [-0.25, -0.2) is 14.4 Å². The first-order valence-electron chi connectivity index (χ1n) is 19.8. The summed E-state index contributed by atoms with van der Waals surface area (Å²) in [5.74, 6) is 0.255. The number of methoxy groups -OCH3 is 2. The monoisotopic (exact) mass is 856 g/mol. The molecule has 5 aromatic carbocycles. The van der Waals surface area contributed by atoms with Crippen molar-refractivity contribution in [3.05, 3.63) is 142 Å². The highest BCUT2D eigenvalue weighted by atomic mass is 16.7. The van der Waals surface area contributed by atoms with Gasteiger partial charge >= 0.3 is 17.9 Å². The Morgan fingerprint density at radius 1 is 0.484 bits per heavy atom. The number of phenolic OH excluding ortho intramolecular Hbond substituents is 2. The van der Waals surface area contributed by atoms with Gasteiger partial charge in [0.1, 0.15) is 64.4 Å². The van der Waals surface area contributed by atoms with Crippen molar-refractivity contribution in [3.63, 3.8) is 0 Å². The van der Waals surface area contributed by atoms with E-state index in [0.29, 0.717) is 59.3 Å². The molecule has 0 aliphatic carbocycles. The van der Waals surface area contributed by atoms with Crippen molar-refractivity contribution in [3.8, 4) is 34.5 Å². The summed E-state index contributed by atoms with van der Waals surface area (Å²) < 4.78 is 46.9. The molecule has 5 rings (SSSR count). The first-order valence-corrected chi connectivity index (χ1v) is 19.8. The minimum absolute atomic E-state index is 0.00466. The molecular formula is C48H56O14. The van der Waals surface area contributed by atoms with Crippen LogP contribution < -0.4 is 18.9 Å². The van der Waals surface area contributed by atoms with Crippen molar-refractivity contribution in [1.82, 2.24) is 0 Å². The molecule has 0 amide bonds. The number of aromatic hydroxyl groups is 2. The van der Waals surface area contributed by atoms with Crippen molar-refractivity contribution in [2.24, 2.45) is 0 Å². The van der Waals surface area contributed by atoms with E-state index in [-0.39, 0.29) is 49.6 Å². The molecule has 332 valence electrons. The SMILES string of the molecule is CCOC(=O)c1c(C)cc(O)cc1OCOC.CCOC(=O)c1c(C)cc(OCc2ccccc2)cc1O.CCOC(=O)c1c(C)cc(OCc2ccccc2)cc1OCOC. The Morgan fingerprint density at radius 3 is 1.29 bits per heavy atom. The fourth-order valence-corrected chi connectivity index (χ4v) is 5.72. The van der Waals surface area contributed by atoms with Crippen LogP contribution in [0.2, 0.25) is 0 Å². The van der Waals surface area contributed by atoms with E-state index in [0.717, 1.165) is 16.7 Å². The van der Waals surface area contributed by atoms with Crippen LogP contribution in [0.1, 0.15) is 79.7 Å². The Morgan fingerprint density at radius 2 is 0.871 bits per heavy atom. The molecule has 2 N–H and O–H groups in total. The largest absolute Gasteiger partial charge is 0.508 e. The van der Waals surface area contributed by atoms with Gasteiger partial charge in [0.15, 0.2) is 13.6 Å². The highest BCUT2D eigenvalue weighted by Gasteiger charge is 2.21. The van der Waals surface area contributed by atoms with Crippen LogP contribution in [0.15, 0.2) is 97.1 Å². The van der Waals surface area contributed by atoms with Crippen LogP contribution in [0.3, 0.4) is 0 Å². The molecular weight excluding hydrogens is 801 g/mol. The summed E-state index contributed by atoms with van der Waals surface area (Å²) in [5, 5.41) is 19.4. The van der Waals surface area contributed by atoms with Crippen LogP contribution in [0.5, 0.6) is 34.5 Å². The second-order valence-electron chi connectivity index (χ2n) is 13.2.